The van der Waals surface area contributed by atoms with Crippen LogP contribution >= 0.6 is 12.2 Å². The molecule has 1 aliphatic carbocycles. The number of thiocarbonyl (C=S) groups is 1. The quantitative estimate of drug-likeness (QED) is 0.869. The molecule has 22 heavy (non-hydrogen) atoms. The molecule has 1 N–H and O–H groups in total. The highest BCUT2D eigenvalue weighted by atomic mass is 32.1. The van der Waals surface area contributed by atoms with Crippen LogP contribution in [-0.4, -0.2) is 39.3 Å². The SMILES string of the molecule is O=C(O)[C@@H]1C(=S)CCN1C(=O)CC1CCc2ccccc2C1. The van der Waals surface area contributed by atoms with E-state index < -0.39 is 12.0 Å². The first-order valence-corrected chi connectivity index (χ1v) is 8.09. The van der Waals surface area contributed by atoms with Crippen molar-refractivity contribution in [3.63, 3.8) is 0 Å². The van der Waals surface area contributed by atoms with Crippen LogP contribution in [0.1, 0.15) is 30.4 Å². The number of likely N-dealkylation sites (tertiary alicyclic amines) is 1. The summed E-state index contributed by atoms with van der Waals surface area (Å²) in [4.78, 5) is 25.7. The van der Waals surface area contributed by atoms with Crippen LogP contribution in [0.2, 0.25) is 0 Å². The topological polar surface area (TPSA) is 57.6 Å². The highest BCUT2D eigenvalue weighted by Gasteiger charge is 2.38. The summed E-state index contributed by atoms with van der Waals surface area (Å²) in [5.41, 5.74) is 2.69. The highest BCUT2D eigenvalue weighted by Crippen LogP contribution is 2.29. The van der Waals surface area contributed by atoms with E-state index in [1.807, 2.05) is 12.1 Å². The second-order valence-corrected chi connectivity index (χ2v) is 6.65. The fourth-order valence-electron chi connectivity index (χ4n) is 3.52. The Morgan fingerprint density at radius 1 is 1.23 bits per heavy atom. The Labute approximate surface area is 135 Å². The lowest BCUT2D eigenvalue weighted by Gasteiger charge is -2.27. The van der Waals surface area contributed by atoms with Crippen molar-refractivity contribution in [2.24, 2.45) is 5.92 Å². The fraction of sp³-hybridized carbons (Fsp3) is 0.471. The van der Waals surface area contributed by atoms with Crippen molar-refractivity contribution in [3.8, 4) is 0 Å². The molecule has 1 amide bonds. The molecule has 0 spiro atoms. The molecule has 5 heteroatoms. The number of carboxylic acids is 1. The van der Waals surface area contributed by atoms with Gasteiger partial charge in [-0.15, -0.1) is 0 Å². The number of aryl methyl sites for hydroxylation is 1. The Bertz CT molecular complexity index is 628. The van der Waals surface area contributed by atoms with Crippen molar-refractivity contribution in [1.82, 2.24) is 4.90 Å². The van der Waals surface area contributed by atoms with Gasteiger partial charge in [0.25, 0.3) is 0 Å². The third-order valence-corrected chi connectivity index (χ3v) is 5.11. The van der Waals surface area contributed by atoms with Crippen LogP contribution in [0.15, 0.2) is 24.3 Å². The number of carbonyl (C=O) groups is 2. The molecule has 0 radical (unpaired) electrons. The van der Waals surface area contributed by atoms with Gasteiger partial charge in [-0.25, -0.2) is 4.79 Å². The van der Waals surface area contributed by atoms with Gasteiger partial charge in [0, 0.05) is 17.8 Å². The molecule has 2 aliphatic rings. The predicted molar refractivity (Wildman–Crippen MR) is 86.9 cm³/mol. The van der Waals surface area contributed by atoms with Crippen molar-refractivity contribution in [2.75, 3.05) is 6.54 Å². The Hall–Kier alpha value is -1.75. The standard InChI is InChI=1S/C17H19NO3S/c19-15(18-8-7-14(22)16(18)17(20)21)10-11-5-6-12-3-1-2-4-13(12)9-11/h1-4,11,16H,5-10H2,(H,20,21)/t11?,16-/m0/s1. The molecule has 0 bridgehead atoms. The number of hydrogen-bond donors (Lipinski definition) is 1. The van der Waals surface area contributed by atoms with E-state index in [9.17, 15) is 14.7 Å². The number of rotatable bonds is 3. The zero-order valence-corrected chi connectivity index (χ0v) is 13.1. The van der Waals surface area contributed by atoms with Crippen molar-refractivity contribution < 1.29 is 14.7 Å². The van der Waals surface area contributed by atoms with Crippen LogP contribution in [0, 0.1) is 5.92 Å². The van der Waals surface area contributed by atoms with Crippen LogP contribution in [0.4, 0.5) is 0 Å². The maximum Gasteiger partial charge on any atom is 0.331 e. The van der Waals surface area contributed by atoms with E-state index in [-0.39, 0.29) is 5.91 Å². The van der Waals surface area contributed by atoms with E-state index in [2.05, 4.69) is 12.1 Å². The summed E-state index contributed by atoms with van der Waals surface area (Å²) >= 11 is 5.09. The summed E-state index contributed by atoms with van der Waals surface area (Å²) in [5, 5.41) is 9.26. The third-order valence-electron chi connectivity index (χ3n) is 4.68. The second-order valence-electron chi connectivity index (χ2n) is 6.13. The first-order chi connectivity index (χ1) is 10.6. The van der Waals surface area contributed by atoms with Crippen LogP contribution in [-0.2, 0) is 22.4 Å². The van der Waals surface area contributed by atoms with E-state index in [0.717, 1.165) is 19.3 Å². The number of aliphatic carboxylic acids is 1. The van der Waals surface area contributed by atoms with Crippen LogP contribution in [0.3, 0.4) is 0 Å². The van der Waals surface area contributed by atoms with Crippen molar-refractivity contribution >= 4 is 29.0 Å². The minimum Gasteiger partial charge on any atom is -0.479 e. The van der Waals surface area contributed by atoms with E-state index in [1.165, 1.54) is 16.0 Å². The van der Waals surface area contributed by atoms with Gasteiger partial charge in [0.05, 0.1) is 0 Å². The molecule has 1 aliphatic heterocycles. The molecular formula is C17H19NO3S. The zero-order valence-electron chi connectivity index (χ0n) is 12.3. The van der Waals surface area contributed by atoms with Gasteiger partial charge >= 0.3 is 5.97 Å². The molecule has 1 aromatic carbocycles. The molecule has 1 saturated heterocycles. The predicted octanol–water partition coefficient (Wildman–Crippen LogP) is 2.24. The monoisotopic (exact) mass is 317 g/mol. The molecule has 1 fully saturated rings. The molecule has 4 nitrogen and oxygen atoms in total. The zero-order chi connectivity index (χ0) is 15.7. The third kappa shape index (κ3) is 2.90. The van der Waals surface area contributed by atoms with E-state index in [0.29, 0.717) is 30.2 Å². The van der Waals surface area contributed by atoms with Gasteiger partial charge < -0.3 is 10.0 Å². The first-order valence-electron chi connectivity index (χ1n) is 7.68. The first kappa shape index (κ1) is 15.2. The minimum atomic E-state index is -1.01. The van der Waals surface area contributed by atoms with E-state index >= 15 is 0 Å². The number of benzene rings is 1. The summed E-state index contributed by atoms with van der Waals surface area (Å²) in [6.45, 7) is 0.442. The van der Waals surface area contributed by atoms with Gasteiger partial charge in [-0.1, -0.05) is 36.5 Å². The minimum absolute atomic E-state index is 0.0726. The summed E-state index contributed by atoms with van der Waals surface area (Å²) in [6.07, 6.45) is 3.82. The van der Waals surface area contributed by atoms with Gasteiger partial charge in [-0.2, -0.15) is 0 Å². The molecule has 116 valence electrons. The van der Waals surface area contributed by atoms with E-state index in [1.54, 1.807) is 0 Å². The largest absolute Gasteiger partial charge is 0.479 e. The lowest BCUT2D eigenvalue weighted by atomic mass is 9.82. The summed E-state index contributed by atoms with van der Waals surface area (Å²) in [5.74, 6) is -0.785. The second kappa shape index (κ2) is 6.16. The van der Waals surface area contributed by atoms with Gasteiger partial charge in [0.2, 0.25) is 5.91 Å². The number of hydrogen-bond acceptors (Lipinski definition) is 3. The fourth-order valence-corrected chi connectivity index (χ4v) is 3.84. The Balaban J connectivity index is 1.66. The van der Waals surface area contributed by atoms with Crippen molar-refractivity contribution in [1.29, 1.82) is 0 Å². The molecule has 0 saturated carbocycles. The molecule has 1 unspecified atom stereocenters. The maximum atomic E-state index is 12.5. The molecule has 1 heterocycles. The smallest absolute Gasteiger partial charge is 0.331 e. The Morgan fingerprint density at radius 2 is 1.95 bits per heavy atom. The van der Waals surface area contributed by atoms with E-state index in [4.69, 9.17) is 12.2 Å². The summed E-state index contributed by atoms with van der Waals surface area (Å²) in [6, 6.07) is 7.44. The lowest BCUT2D eigenvalue weighted by Crippen LogP contribution is -2.43. The van der Waals surface area contributed by atoms with Crippen LogP contribution in [0.25, 0.3) is 0 Å². The average Bonchev–Trinajstić information content (AvgIpc) is 2.89. The molecule has 0 aromatic heterocycles. The Morgan fingerprint density at radius 3 is 2.68 bits per heavy atom. The normalized spacial score (nSPS) is 24.2. The number of amides is 1. The molecule has 2 atom stereocenters. The van der Waals surface area contributed by atoms with Gasteiger partial charge in [0.15, 0.2) is 6.04 Å². The average molecular weight is 317 g/mol. The number of carbonyl (C=O) groups excluding carboxylic acids is 1. The number of nitrogens with zero attached hydrogens (tertiary/aromatic N) is 1. The van der Waals surface area contributed by atoms with Crippen LogP contribution in [0.5, 0.6) is 0 Å². The summed E-state index contributed by atoms with van der Waals surface area (Å²) < 4.78 is 0. The molecule has 1 aromatic rings. The number of fused-ring (bicyclic) bond motifs is 1. The highest BCUT2D eigenvalue weighted by molar-refractivity contribution is 7.80. The van der Waals surface area contributed by atoms with Crippen molar-refractivity contribution in [3.05, 3.63) is 35.4 Å². The van der Waals surface area contributed by atoms with Gasteiger partial charge in [-0.3, -0.25) is 4.79 Å². The number of carboxylic acid groups (broad SMARTS) is 1. The van der Waals surface area contributed by atoms with Crippen LogP contribution < -0.4 is 0 Å². The summed E-state index contributed by atoms with van der Waals surface area (Å²) in [7, 11) is 0. The van der Waals surface area contributed by atoms with Gasteiger partial charge in [0.1, 0.15) is 0 Å². The lowest BCUT2D eigenvalue weighted by molar-refractivity contribution is -0.146. The van der Waals surface area contributed by atoms with Crippen molar-refractivity contribution in [2.45, 2.75) is 38.1 Å². The van der Waals surface area contributed by atoms with Gasteiger partial charge in [-0.05, 0) is 42.7 Å². The molecular weight excluding hydrogens is 298 g/mol. The Kier molecular flexibility index (Phi) is 4.25. The maximum absolute atomic E-state index is 12.5. The molecule has 3 rings (SSSR count).